The number of methoxy groups -OCH3 is 1. The second-order valence-electron chi connectivity index (χ2n) is 7.79. The Hall–Kier alpha value is -2.26. The highest BCUT2D eigenvalue weighted by Crippen LogP contribution is 2.49. The number of para-hydroxylation sites is 1. The fourth-order valence-electron chi connectivity index (χ4n) is 4.67. The van der Waals surface area contributed by atoms with E-state index in [1.54, 1.807) is 7.11 Å². The summed E-state index contributed by atoms with van der Waals surface area (Å²) in [5.74, 6) is 2.25. The van der Waals surface area contributed by atoms with Crippen LogP contribution in [0.4, 0.5) is 0 Å². The smallest absolute Gasteiger partial charge is 0.231 e. The zero-order valence-electron chi connectivity index (χ0n) is 17.4. The minimum Gasteiger partial charge on any atom is -0.492 e. The minimum atomic E-state index is 0. The number of rotatable bonds is 3. The second-order valence-corrected chi connectivity index (χ2v) is 7.79. The summed E-state index contributed by atoms with van der Waals surface area (Å²) < 4.78 is 19.4. The number of ether oxygens (including phenoxy) is 3. The van der Waals surface area contributed by atoms with Gasteiger partial charge in [0.05, 0.1) is 18.0 Å². The van der Waals surface area contributed by atoms with E-state index in [-0.39, 0.29) is 36.8 Å². The van der Waals surface area contributed by atoms with Crippen LogP contribution in [-0.4, -0.2) is 37.0 Å². The van der Waals surface area contributed by atoms with E-state index in [9.17, 15) is 0 Å². The summed E-state index contributed by atoms with van der Waals surface area (Å²) in [4.78, 5) is 2.37. The molecule has 5 rings (SSSR count). The molecule has 3 aromatic rings. The number of aromatic nitrogens is 1. The molecule has 6 nitrogen and oxygen atoms in total. The van der Waals surface area contributed by atoms with Gasteiger partial charge in [-0.3, -0.25) is 4.90 Å². The molecule has 7 heteroatoms. The van der Waals surface area contributed by atoms with Gasteiger partial charge in [-0.15, -0.1) is 24.0 Å². The van der Waals surface area contributed by atoms with Crippen molar-refractivity contribution in [1.82, 2.24) is 9.47 Å². The van der Waals surface area contributed by atoms with Crippen LogP contribution < -0.4 is 19.6 Å². The van der Waals surface area contributed by atoms with E-state index in [0.717, 1.165) is 47.5 Å². The van der Waals surface area contributed by atoms with Crippen LogP contribution >= 0.6 is 24.0 Å². The number of nitrogens with zero attached hydrogens (tertiary/aromatic N) is 2. The molecule has 0 saturated heterocycles. The molecule has 0 fully saturated rings. The lowest BCUT2D eigenvalue weighted by molar-refractivity contribution is 0.170. The SMILES string of the molecule is COc1c2c(cc3c1C(Cc1cc(=N)c4ccccc4n1C)N(C)CC3)OCO2.I. The molecule has 0 radical (unpaired) electrons. The Labute approximate surface area is 192 Å². The van der Waals surface area contributed by atoms with Crippen molar-refractivity contribution in [2.75, 3.05) is 27.5 Å². The van der Waals surface area contributed by atoms with Gasteiger partial charge in [-0.1, -0.05) is 18.2 Å². The van der Waals surface area contributed by atoms with Crippen molar-refractivity contribution >= 4 is 34.9 Å². The van der Waals surface area contributed by atoms with E-state index in [1.165, 1.54) is 11.1 Å². The summed E-state index contributed by atoms with van der Waals surface area (Å²) >= 11 is 0. The van der Waals surface area contributed by atoms with E-state index < -0.39 is 0 Å². The molecule has 0 saturated carbocycles. The third-order valence-corrected chi connectivity index (χ3v) is 6.25. The Morgan fingerprint density at radius 3 is 2.77 bits per heavy atom. The van der Waals surface area contributed by atoms with Crippen molar-refractivity contribution in [1.29, 1.82) is 5.41 Å². The molecule has 2 aliphatic heterocycles. The second kappa shape index (κ2) is 8.11. The topological polar surface area (TPSA) is 59.7 Å². The first kappa shape index (κ1) is 21.0. The fourth-order valence-corrected chi connectivity index (χ4v) is 4.67. The Kier molecular flexibility index (Phi) is 5.67. The summed E-state index contributed by atoms with van der Waals surface area (Å²) in [6.45, 7) is 1.20. The molecule has 158 valence electrons. The van der Waals surface area contributed by atoms with Crippen LogP contribution in [-0.2, 0) is 19.9 Å². The average Bonchev–Trinajstić information content (AvgIpc) is 3.20. The number of aryl methyl sites for hydroxylation is 1. The zero-order valence-corrected chi connectivity index (χ0v) is 19.7. The number of pyridine rings is 1. The largest absolute Gasteiger partial charge is 0.492 e. The standard InChI is InChI=1S/C23H25N3O3.HI/c1-25-9-8-14-10-20-22(29-13-28-20)23(27-3)21(14)19(25)12-15-11-17(24)16-6-4-5-7-18(16)26(15)2;/h4-7,10-11,19,24H,8-9,12-13H2,1-3H3;1H. The molecule has 2 aromatic carbocycles. The van der Waals surface area contributed by atoms with Crippen molar-refractivity contribution in [3.63, 3.8) is 0 Å². The van der Waals surface area contributed by atoms with Gasteiger partial charge in [0.15, 0.2) is 11.5 Å². The number of likely N-dealkylation sites (N-methyl/N-ethyl adjacent to an activating group) is 1. The molecule has 0 amide bonds. The van der Waals surface area contributed by atoms with Crippen LogP contribution in [0.15, 0.2) is 36.4 Å². The van der Waals surface area contributed by atoms with Crippen LogP contribution in [0.2, 0.25) is 0 Å². The molecule has 30 heavy (non-hydrogen) atoms. The molecular weight excluding hydrogens is 493 g/mol. The normalized spacial score (nSPS) is 17.5. The molecule has 1 aromatic heterocycles. The molecule has 0 spiro atoms. The van der Waals surface area contributed by atoms with Crippen molar-refractivity contribution in [2.24, 2.45) is 7.05 Å². The number of fused-ring (bicyclic) bond motifs is 3. The van der Waals surface area contributed by atoms with Gasteiger partial charge in [0.25, 0.3) is 0 Å². The number of benzene rings is 2. The van der Waals surface area contributed by atoms with Crippen molar-refractivity contribution < 1.29 is 14.2 Å². The van der Waals surface area contributed by atoms with Crippen LogP contribution in [0.5, 0.6) is 17.2 Å². The van der Waals surface area contributed by atoms with E-state index in [1.807, 2.05) is 24.3 Å². The van der Waals surface area contributed by atoms with Gasteiger partial charge in [-0.25, -0.2) is 0 Å². The van der Waals surface area contributed by atoms with Crippen LogP contribution in [0.1, 0.15) is 22.9 Å². The first-order valence-corrected chi connectivity index (χ1v) is 9.90. The van der Waals surface area contributed by atoms with Gasteiger partial charge in [-0.2, -0.15) is 0 Å². The monoisotopic (exact) mass is 519 g/mol. The van der Waals surface area contributed by atoms with Gasteiger partial charge in [0.2, 0.25) is 12.5 Å². The molecule has 3 heterocycles. The van der Waals surface area contributed by atoms with Crippen molar-refractivity contribution in [3.05, 3.63) is 58.6 Å². The summed E-state index contributed by atoms with van der Waals surface area (Å²) in [6, 6.07) is 12.3. The summed E-state index contributed by atoms with van der Waals surface area (Å²) in [6.07, 6.45) is 1.73. The van der Waals surface area contributed by atoms with E-state index in [4.69, 9.17) is 19.6 Å². The molecule has 1 N–H and O–H groups in total. The van der Waals surface area contributed by atoms with E-state index in [0.29, 0.717) is 11.1 Å². The average molecular weight is 519 g/mol. The van der Waals surface area contributed by atoms with Crippen LogP contribution in [0.25, 0.3) is 10.9 Å². The fraction of sp³-hybridized carbons (Fsp3) is 0.348. The van der Waals surface area contributed by atoms with Crippen LogP contribution in [0, 0.1) is 5.41 Å². The molecule has 2 aliphatic rings. The maximum atomic E-state index is 8.50. The molecule has 0 bridgehead atoms. The first-order chi connectivity index (χ1) is 14.1. The van der Waals surface area contributed by atoms with Gasteiger partial charge < -0.3 is 24.2 Å². The molecule has 1 unspecified atom stereocenters. The lowest BCUT2D eigenvalue weighted by atomic mass is 9.88. The van der Waals surface area contributed by atoms with E-state index >= 15 is 0 Å². The lowest BCUT2D eigenvalue weighted by Gasteiger charge is -2.36. The van der Waals surface area contributed by atoms with Gasteiger partial charge in [0, 0.05) is 42.7 Å². The predicted molar refractivity (Wildman–Crippen MR) is 126 cm³/mol. The highest BCUT2D eigenvalue weighted by atomic mass is 127. The van der Waals surface area contributed by atoms with E-state index in [2.05, 4.69) is 35.7 Å². The summed E-state index contributed by atoms with van der Waals surface area (Å²) in [5.41, 5.74) is 4.62. The van der Waals surface area contributed by atoms with Gasteiger partial charge >= 0.3 is 0 Å². The zero-order chi connectivity index (χ0) is 20.1. The molecule has 0 aliphatic carbocycles. The lowest BCUT2D eigenvalue weighted by Crippen LogP contribution is -2.34. The van der Waals surface area contributed by atoms with Crippen molar-refractivity contribution in [2.45, 2.75) is 18.9 Å². The first-order valence-electron chi connectivity index (χ1n) is 9.90. The summed E-state index contributed by atoms with van der Waals surface area (Å²) in [5, 5.41) is 10.0. The van der Waals surface area contributed by atoms with Crippen LogP contribution in [0.3, 0.4) is 0 Å². The quantitative estimate of drug-likeness (QED) is 0.536. The van der Waals surface area contributed by atoms with Gasteiger partial charge in [-0.05, 0) is 37.2 Å². The number of hydrogen-bond acceptors (Lipinski definition) is 5. The maximum absolute atomic E-state index is 8.50. The number of halogens is 1. The Bertz CT molecular complexity index is 1170. The number of nitrogens with one attached hydrogen (secondary N) is 1. The third kappa shape index (κ3) is 3.24. The third-order valence-electron chi connectivity index (χ3n) is 6.25. The Morgan fingerprint density at radius 2 is 1.97 bits per heavy atom. The highest BCUT2D eigenvalue weighted by Gasteiger charge is 2.34. The van der Waals surface area contributed by atoms with Crippen molar-refractivity contribution in [3.8, 4) is 17.2 Å². The number of hydrogen-bond donors (Lipinski definition) is 1. The predicted octanol–water partition coefficient (Wildman–Crippen LogP) is 3.78. The summed E-state index contributed by atoms with van der Waals surface area (Å²) in [7, 11) is 5.93. The molecular formula is C23H26IN3O3. The Balaban J connectivity index is 0.00000218. The minimum absolute atomic E-state index is 0. The van der Waals surface area contributed by atoms with Gasteiger partial charge in [0.1, 0.15) is 0 Å². The Morgan fingerprint density at radius 1 is 1.17 bits per heavy atom. The molecule has 1 atom stereocenters. The maximum Gasteiger partial charge on any atom is 0.231 e. The highest BCUT2D eigenvalue weighted by molar-refractivity contribution is 14.0.